The van der Waals surface area contributed by atoms with E-state index in [1.54, 1.807) is 0 Å². The molecule has 0 amide bonds. The maximum absolute atomic E-state index is 11.8. The van der Waals surface area contributed by atoms with Crippen LogP contribution in [0.1, 0.15) is 5.56 Å². The number of hydrogen-bond acceptors (Lipinski definition) is 5. The van der Waals surface area contributed by atoms with E-state index in [9.17, 15) is 16.8 Å². The molecular formula is C8H8Cl3N3O4S2. The molecule has 0 saturated carbocycles. The fraction of sp³-hybridized carbons (Fsp3) is 0. The fourth-order valence-electron chi connectivity index (χ4n) is 1.25. The summed E-state index contributed by atoms with van der Waals surface area (Å²) in [6.07, 6.45) is 0. The lowest BCUT2D eigenvalue weighted by atomic mass is 10.2. The maximum Gasteiger partial charge on any atom is 0.253 e. The predicted molar refractivity (Wildman–Crippen MR) is 76.8 cm³/mol. The number of sulfonamides is 2. The van der Waals surface area contributed by atoms with Crippen molar-refractivity contribution in [1.29, 1.82) is 0 Å². The van der Waals surface area contributed by atoms with E-state index in [-0.39, 0.29) is 10.6 Å². The molecule has 0 saturated heterocycles. The van der Waals surface area contributed by atoms with Gasteiger partial charge in [-0.15, -0.1) is 0 Å². The predicted octanol–water partition coefficient (Wildman–Crippen LogP) is 0.829. The molecule has 1 aromatic carbocycles. The molecule has 0 aliphatic carbocycles. The highest BCUT2D eigenvalue weighted by atomic mass is 35.5. The largest absolute Gasteiger partial charge is 0.257 e. The molecule has 112 valence electrons. The van der Waals surface area contributed by atoms with Crippen LogP contribution < -0.4 is 15.8 Å². The first-order chi connectivity index (χ1) is 9.00. The van der Waals surface area contributed by atoms with Crippen LogP contribution in [0.25, 0.3) is 5.03 Å². The van der Waals surface area contributed by atoms with Gasteiger partial charge in [0, 0.05) is 5.56 Å². The lowest BCUT2D eigenvalue weighted by Crippen LogP contribution is -2.31. The van der Waals surface area contributed by atoms with Crippen LogP contribution in [0.2, 0.25) is 0 Å². The van der Waals surface area contributed by atoms with Crippen LogP contribution in [0.3, 0.4) is 0 Å². The average molecular weight is 381 g/mol. The van der Waals surface area contributed by atoms with E-state index in [0.717, 1.165) is 18.2 Å². The molecule has 0 heterocycles. The third-order valence-corrected chi connectivity index (χ3v) is 5.23. The molecule has 0 aliphatic heterocycles. The monoisotopic (exact) mass is 379 g/mol. The third-order valence-electron chi connectivity index (χ3n) is 2.13. The van der Waals surface area contributed by atoms with Crippen LogP contribution >= 0.6 is 34.8 Å². The highest BCUT2D eigenvalue weighted by molar-refractivity contribution is 7.90. The van der Waals surface area contributed by atoms with Crippen LogP contribution in [-0.4, -0.2) is 16.8 Å². The van der Waals surface area contributed by atoms with Crippen molar-refractivity contribution in [3.05, 3.63) is 28.3 Å². The van der Waals surface area contributed by atoms with Crippen LogP contribution in [0.4, 0.5) is 0 Å². The topological polar surface area (TPSA) is 132 Å². The van der Waals surface area contributed by atoms with Crippen molar-refractivity contribution in [2.24, 2.45) is 11.0 Å². The van der Waals surface area contributed by atoms with Crippen LogP contribution in [0, 0.1) is 0 Å². The van der Waals surface area contributed by atoms with Gasteiger partial charge in [0.2, 0.25) is 10.0 Å². The van der Waals surface area contributed by atoms with Gasteiger partial charge in [0.15, 0.2) is 0 Å². The lowest BCUT2D eigenvalue weighted by Gasteiger charge is -2.10. The summed E-state index contributed by atoms with van der Waals surface area (Å²) in [6, 6.07) is 2.94. The Morgan fingerprint density at radius 2 is 1.65 bits per heavy atom. The van der Waals surface area contributed by atoms with Gasteiger partial charge < -0.3 is 0 Å². The molecule has 5 N–H and O–H groups in total. The Morgan fingerprint density at radius 1 is 1.10 bits per heavy atom. The van der Waals surface area contributed by atoms with Crippen molar-refractivity contribution < 1.29 is 16.8 Å². The Balaban J connectivity index is 3.78. The van der Waals surface area contributed by atoms with Crippen molar-refractivity contribution in [2.75, 3.05) is 0 Å². The first kappa shape index (κ1) is 17.7. The van der Waals surface area contributed by atoms with Gasteiger partial charge in [-0.1, -0.05) is 40.9 Å². The molecule has 0 aromatic heterocycles. The molecule has 1 aromatic rings. The van der Waals surface area contributed by atoms with Gasteiger partial charge in [0.05, 0.1) is 14.8 Å². The zero-order valence-corrected chi connectivity index (χ0v) is 13.4. The molecule has 0 aliphatic rings. The number of rotatable bonds is 4. The van der Waals surface area contributed by atoms with E-state index in [0.29, 0.717) is 0 Å². The number of nitrogens with two attached hydrogens (primary N) is 2. The van der Waals surface area contributed by atoms with Crippen molar-refractivity contribution in [3.63, 3.8) is 0 Å². The Labute approximate surface area is 130 Å². The fourth-order valence-corrected chi connectivity index (χ4v) is 3.16. The molecule has 12 heteroatoms. The van der Waals surface area contributed by atoms with E-state index in [1.807, 2.05) is 0 Å². The summed E-state index contributed by atoms with van der Waals surface area (Å²) in [5.74, 6) is 4.90. The summed E-state index contributed by atoms with van der Waals surface area (Å²) in [7, 11) is -8.33. The first-order valence-electron chi connectivity index (χ1n) is 4.61. The van der Waals surface area contributed by atoms with Crippen molar-refractivity contribution in [1.82, 2.24) is 4.83 Å². The summed E-state index contributed by atoms with van der Waals surface area (Å²) in [5, 5.41) is 4.64. The van der Waals surface area contributed by atoms with Gasteiger partial charge in [0.25, 0.3) is 10.0 Å². The number of hydrazine groups is 1. The Bertz CT molecular complexity index is 770. The van der Waals surface area contributed by atoms with Crippen molar-refractivity contribution in [3.8, 4) is 0 Å². The second-order valence-electron chi connectivity index (χ2n) is 3.40. The highest BCUT2D eigenvalue weighted by Crippen LogP contribution is 2.33. The molecular weight excluding hydrogens is 373 g/mol. The molecule has 1 rings (SSSR count). The molecule has 0 radical (unpaired) electrons. The SMILES string of the molecule is NNS(=O)(=O)c1cc(S(N)(=O)=O)ccc1C(Cl)=C(Cl)Cl. The minimum absolute atomic E-state index is 0.128. The quantitative estimate of drug-likeness (QED) is 0.525. The normalized spacial score (nSPS) is 12.2. The van der Waals surface area contributed by atoms with Crippen LogP contribution in [0.5, 0.6) is 0 Å². The van der Waals surface area contributed by atoms with Crippen LogP contribution in [0.15, 0.2) is 32.5 Å². The van der Waals surface area contributed by atoms with Crippen molar-refractivity contribution in [2.45, 2.75) is 9.79 Å². The molecule has 0 atom stereocenters. The van der Waals surface area contributed by atoms with Gasteiger partial charge in [-0.3, -0.25) is 5.84 Å². The van der Waals surface area contributed by atoms with Gasteiger partial charge >= 0.3 is 0 Å². The van der Waals surface area contributed by atoms with E-state index < -0.39 is 34.3 Å². The lowest BCUT2D eigenvalue weighted by molar-refractivity contribution is 0.583. The van der Waals surface area contributed by atoms with Gasteiger partial charge in [-0.05, 0) is 12.1 Å². The minimum atomic E-state index is -4.22. The number of primary sulfonamides is 1. The zero-order valence-electron chi connectivity index (χ0n) is 9.47. The Morgan fingerprint density at radius 3 is 2.05 bits per heavy atom. The number of benzene rings is 1. The average Bonchev–Trinajstić information content (AvgIpc) is 2.35. The number of halogens is 3. The van der Waals surface area contributed by atoms with Gasteiger partial charge in [-0.2, -0.15) is 4.83 Å². The summed E-state index contributed by atoms with van der Waals surface area (Å²) in [5.41, 5.74) is -0.128. The second kappa shape index (κ2) is 6.16. The van der Waals surface area contributed by atoms with E-state index in [2.05, 4.69) is 0 Å². The summed E-state index contributed by atoms with van der Waals surface area (Å²) >= 11 is 16.7. The van der Waals surface area contributed by atoms with Crippen molar-refractivity contribution >= 4 is 59.9 Å². The van der Waals surface area contributed by atoms with E-state index in [4.69, 9.17) is 45.8 Å². The van der Waals surface area contributed by atoms with Gasteiger partial charge in [-0.25, -0.2) is 22.0 Å². The minimum Gasteiger partial charge on any atom is -0.257 e. The summed E-state index contributed by atoms with van der Waals surface area (Å²) < 4.78 is 45.7. The third kappa shape index (κ3) is 3.83. The number of nitrogens with one attached hydrogen (secondary N) is 1. The second-order valence-corrected chi connectivity index (χ2v) is 7.97. The Hall–Kier alpha value is -0.390. The highest BCUT2D eigenvalue weighted by Gasteiger charge is 2.23. The first-order valence-corrected chi connectivity index (χ1v) is 8.77. The molecule has 7 nitrogen and oxygen atoms in total. The van der Waals surface area contributed by atoms with E-state index >= 15 is 0 Å². The van der Waals surface area contributed by atoms with Gasteiger partial charge in [0.1, 0.15) is 4.49 Å². The van der Waals surface area contributed by atoms with E-state index in [1.165, 1.54) is 4.83 Å². The zero-order chi connectivity index (χ0) is 15.7. The smallest absolute Gasteiger partial charge is 0.253 e. The molecule has 0 spiro atoms. The summed E-state index contributed by atoms with van der Waals surface area (Å²) in [6.45, 7) is 0. The maximum atomic E-state index is 11.8. The standard InChI is InChI=1S/C8H8Cl3N3O4S2/c9-7(8(10)11)5-2-1-4(19(13,15)16)3-6(5)20(17,18)14-12/h1-3,14H,12H2,(H2,13,15,16). The molecule has 0 fully saturated rings. The summed E-state index contributed by atoms with van der Waals surface area (Å²) in [4.78, 5) is 0.568. The molecule has 0 unspecified atom stereocenters. The number of hydrogen-bond donors (Lipinski definition) is 3. The Kier molecular flexibility index (Phi) is 5.44. The molecule has 20 heavy (non-hydrogen) atoms. The molecule has 0 bridgehead atoms. The van der Waals surface area contributed by atoms with Crippen LogP contribution in [-0.2, 0) is 20.0 Å².